The Morgan fingerprint density at radius 2 is 1.83 bits per heavy atom. The van der Waals surface area contributed by atoms with Crippen LogP contribution in [0.15, 0.2) is 36.4 Å². The minimum absolute atomic E-state index is 0.0905. The molecule has 0 amide bonds. The van der Waals surface area contributed by atoms with E-state index in [0.29, 0.717) is 16.6 Å². The van der Waals surface area contributed by atoms with Gasteiger partial charge in [-0.05, 0) is 58.5 Å². The molecule has 2 N–H and O–H groups in total. The molecule has 2 aromatic rings. The molecule has 0 bridgehead atoms. The molecule has 0 radical (unpaired) electrons. The monoisotopic (exact) mass is 393 g/mol. The zero-order valence-electron chi connectivity index (χ0n) is 9.25. The van der Waals surface area contributed by atoms with Crippen molar-refractivity contribution in [2.24, 2.45) is 0 Å². The molecule has 0 aliphatic rings. The van der Waals surface area contributed by atoms with Crippen molar-refractivity contribution in [2.75, 3.05) is 5.32 Å². The van der Waals surface area contributed by atoms with E-state index >= 15 is 0 Å². The molecule has 94 valence electrons. The molecule has 18 heavy (non-hydrogen) atoms. The molecule has 0 heterocycles. The molecule has 2 aromatic carbocycles. The first-order chi connectivity index (χ1) is 8.56. The molecule has 0 aliphatic heterocycles. The standard InChI is InChI=1S/C13H10Cl2INO/c14-10-6-9(16)2-3-12(10)17-7-8-1-4-13(18)11(15)5-8/h1-6,17-18H,7H2. The SMILES string of the molecule is Oc1ccc(CNc2ccc(I)cc2Cl)cc1Cl. The van der Waals surface area contributed by atoms with Gasteiger partial charge < -0.3 is 10.4 Å². The van der Waals surface area contributed by atoms with E-state index in [2.05, 4.69) is 27.9 Å². The molecule has 0 aromatic heterocycles. The smallest absolute Gasteiger partial charge is 0.134 e. The Morgan fingerprint density at radius 3 is 2.50 bits per heavy atom. The van der Waals surface area contributed by atoms with Crippen LogP contribution in [0.5, 0.6) is 5.75 Å². The first-order valence-corrected chi connectivity index (χ1v) is 7.06. The first kappa shape index (κ1) is 13.8. The van der Waals surface area contributed by atoms with E-state index in [-0.39, 0.29) is 5.75 Å². The van der Waals surface area contributed by atoms with E-state index < -0.39 is 0 Å². The van der Waals surface area contributed by atoms with E-state index in [4.69, 9.17) is 23.2 Å². The van der Waals surface area contributed by atoms with Crippen molar-refractivity contribution in [3.05, 3.63) is 55.6 Å². The summed E-state index contributed by atoms with van der Waals surface area (Å²) in [5.41, 5.74) is 1.86. The highest BCUT2D eigenvalue weighted by atomic mass is 127. The molecule has 2 rings (SSSR count). The summed E-state index contributed by atoms with van der Waals surface area (Å²) in [5, 5.41) is 13.6. The van der Waals surface area contributed by atoms with Crippen LogP contribution < -0.4 is 5.32 Å². The Kier molecular flexibility index (Phi) is 4.59. The third kappa shape index (κ3) is 3.43. The zero-order valence-corrected chi connectivity index (χ0v) is 12.9. The van der Waals surface area contributed by atoms with Gasteiger partial charge in [0.1, 0.15) is 5.75 Å². The molecular weight excluding hydrogens is 384 g/mol. The third-order valence-corrected chi connectivity index (χ3v) is 3.71. The highest BCUT2D eigenvalue weighted by Gasteiger charge is 2.03. The van der Waals surface area contributed by atoms with Gasteiger partial charge in [0.15, 0.2) is 0 Å². The third-order valence-electron chi connectivity index (χ3n) is 2.43. The summed E-state index contributed by atoms with van der Waals surface area (Å²) in [5.74, 6) is 0.0905. The number of rotatable bonds is 3. The molecule has 0 saturated heterocycles. The van der Waals surface area contributed by atoms with Gasteiger partial charge in [0, 0.05) is 10.1 Å². The second-order valence-corrected chi connectivity index (χ2v) is 5.82. The summed E-state index contributed by atoms with van der Waals surface area (Å²) in [6.45, 7) is 0.598. The Morgan fingerprint density at radius 1 is 1.06 bits per heavy atom. The van der Waals surface area contributed by atoms with Crippen molar-refractivity contribution in [3.63, 3.8) is 0 Å². The Bertz CT molecular complexity index is 575. The lowest BCUT2D eigenvalue weighted by molar-refractivity contribution is 0.475. The van der Waals surface area contributed by atoms with Gasteiger partial charge in [-0.25, -0.2) is 0 Å². The maximum absolute atomic E-state index is 9.33. The maximum Gasteiger partial charge on any atom is 0.134 e. The average Bonchev–Trinajstić information content (AvgIpc) is 2.32. The van der Waals surface area contributed by atoms with Crippen molar-refractivity contribution < 1.29 is 5.11 Å². The lowest BCUT2D eigenvalue weighted by Crippen LogP contribution is -2.00. The summed E-state index contributed by atoms with van der Waals surface area (Å²) in [6.07, 6.45) is 0. The van der Waals surface area contributed by atoms with Crippen molar-refractivity contribution >= 4 is 51.5 Å². The van der Waals surface area contributed by atoms with E-state index in [9.17, 15) is 5.11 Å². The highest BCUT2D eigenvalue weighted by Crippen LogP contribution is 2.26. The first-order valence-electron chi connectivity index (χ1n) is 5.22. The van der Waals surface area contributed by atoms with Crippen LogP contribution in [-0.4, -0.2) is 5.11 Å². The van der Waals surface area contributed by atoms with Gasteiger partial charge in [-0.3, -0.25) is 0 Å². The maximum atomic E-state index is 9.33. The van der Waals surface area contributed by atoms with Crippen LogP contribution >= 0.6 is 45.8 Å². The quantitative estimate of drug-likeness (QED) is 0.725. The number of aromatic hydroxyl groups is 1. The van der Waals surface area contributed by atoms with Crippen LogP contribution in [0.3, 0.4) is 0 Å². The molecule has 0 unspecified atom stereocenters. The molecule has 0 saturated carbocycles. The number of hydrogen-bond acceptors (Lipinski definition) is 2. The van der Waals surface area contributed by atoms with Crippen molar-refractivity contribution in [2.45, 2.75) is 6.54 Å². The van der Waals surface area contributed by atoms with Crippen LogP contribution in [0.2, 0.25) is 10.0 Å². The van der Waals surface area contributed by atoms with E-state index in [1.165, 1.54) is 0 Å². The fourth-order valence-corrected chi connectivity index (χ4v) is 2.62. The van der Waals surface area contributed by atoms with Crippen LogP contribution in [0.1, 0.15) is 5.56 Å². The molecular formula is C13H10Cl2INO. The molecule has 5 heteroatoms. The van der Waals surface area contributed by atoms with Gasteiger partial charge in [-0.2, -0.15) is 0 Å². The van der Waals surface area contributed by atoms with Crippen LogP contribution in [0.25, 0.3) is 0 Å². The van der Waals surface area contributed by atoms with Gasteiger partial charge in [0.25, 0.3) is 0 Å². The van der Waals surface area contributed by atoms with Crippen LogP contribution in [-0.2, 0) is 6.54 Å². The Hall–Kier alpha value is -0.650. The molecule has 0 aliphatic carbocycles. The predicted octanol–water partition coefficient (Wildman–Crippen LogP) is 4.92. The second kappa shape index (κ2) is 5.99. The lowest BCUT2D eigenvalue weighted by atomic mass is 10.2. The summed E-state index contributed by atoms with van der Waals surface area (Å²) in [7, 11) is 0. The number of halogens is 3. The summed E-state index contributed by atoms with van der Waals surface area (Å²) >= 11 is 14.2. The summed E-state index contributed by atoms with van der Waals surface area (Å²) in [4.78, 5) is 0. The lowest BCUT2D eigenvalue weighted by Gasteiger charge is -2.09. The minimum atomic E-state index is 0.0905. The molecule has 0 atom stereocenters. The number of benzene rings is 2. The number of nitrogens with one attached hydrogen (secondary N) is 1. The Labute approximate surface area is 129 Å². The number of hydrogen-bond donors (Lipinski definition) is 2. The highest BCUT2D eigenvalue weighted by molar-refractivity contribution is 14.1. The predicted molar refractivity (Wildman–Crippen MR) is 84.6 cm³/mol. The van der Waals surface area contributed by atoms with E-state index in [1.54, 1.807) is 12.1 Å². The fourth-order valence-electron chi connectivity index (χ4n) is 1.49. The van der Waals surface area contributed by atoms with Gasteiger partial charge in [-0.1, -0.05) is 29.3 Å². The fraction of sp³-hybridized carbons (Fsp3) is 0.0769. The van der Waals surface area contributed by atoms with Gasteiger partial charge in [0.2, 0.25) is 0 Å². The van der Waals surface area contributed by atoms with E-state index in [0.717, 1.165) is 14.8 Å². The van der Waals surface area contributed by atoms with Crippen LogP contribution in [0.4, 0.5) is 5.69 Å². The van der Waals surface area contributed by atoms with Crippen molar-refractivity contribution in [1.29, 1.82) is 0 Å². The normalized spacial score (nSPS) is 10.4. The van der Waals surface area contributed by atoms with Gasteiger partial charge in [0.05, 0.1) is 15.7 Å². The molecule has 0 fully saturated rings. The van der Waals surface area contributed by atoms with Crippen molar-refractivity contribution in [3.8, 4) is 5.75 Å². The Balaban J connectivity index is 2.09. The second-order valence-electron chi connectivity index (χ2n) is 3.76. The molecule has 2 nitrogen and oxygen atoms in total. The minimum Gasteiger partial charge on any atom is -0.506 e. The summed E-state index contributed by atoms with van der Waals surface area (Å²) < 4.78 is 1.09. The topological polar surface area (TPSA) is 32.3 Å². The number of anilines is 1. The van der Waals surface area contributed by atoms with Crippen LogP contribution in [0, 0.1) is 3.57 Å². The zero-order chi connectivity index (χ0) is 13.1. The molecule has 0 spiro atoms. The number of phenols is 1. The average molecular weight is 394 g/mol. The van der Waals surface area contributed by atoms with Crippen molar-refractivity contribution in [1.82, 2.24) is 0 Å². The van der Waals surface area contributed by atoms with Gasteiger partial charge >= 0.3 is 0 Å². The van der Waals surface area contributed by atoms with E-state index in [1.807, 2.05) is 24.3 Å². The van der Waals surface area contributed by atoms with Gasteiger partial charge in [-0.15, -0.1) is 0 Å². The largest absolute Gasteiger partial charge is 0.506 e. The number of phenolic OH excluding ortho intramolecular Hbond substituents is 1. The summed E-state index contributed by atoms with van der Waals surface area (Å²) in [6, 6.07) is 10.9.